The van der Waals surface area contributed by atoms with Crippen LogP contribution in [0.15, 0.2) is 48.7 Å². The number of aromatic nitrogens is 3. The van der Waals surface area contributed by atoms with Gasteiger partial charge in [0, 0.05) is 17.3 Å². The molecule has 0 radical (unpaired) electrons. The minimum absolute atomic E-state index is 0.505. The molecule has 1 heterocycles. The van der Waals surface area contributed by atoms with Crippen LogP contribution in [0.3, 0.4) is 0 Å². The number of aryl methyl sites for hydroxylation is 2. The Morgan fingerprint density at radius 1 is 1.09 bits per heavy atom. The summed E-state index contributed by atoms with van der Waals surface area (Å²) in [6.07, 6.45) is 1.78. The molecule has 0 spiro atoms. The summed E-state index contributed by atoms with van der Waals surface area (Å²) in [6, 6.07) is 13.8. The van der Waals surface area contributed by atoms with E-state index in [1.54, 1.807) is 6.20 Å². The predicted octanol–water partition coefficient (Wildman–Crippen LogP) is 3.22. The molecule has 1 aromatic heterocycles. The number of rotatable bonds is 5. The van der Waals surface area contributed by atoms with Crippen LogP contribution in [0.1, 0.15) is 11.1 Å². The lowest BCUT2D eigenvalue weighted by molar-refractivity contribution is 0.291. The third-order valence-electron chi connectivity index (χ3n) is 3.85. The smallest absolute Gasteiger partial charge is 0.121 e. The molecule has 0 aliphatic carbocycles. The van der Waals surface area contributed by atoms with Crippen molar-refractivity contribution in [2.24, 2.45) is 0 Å². The second-order valence-corrected chi connectivity index (χ2v) is 5.56. The summed E-state index contributed by atoms with van der Waals surface area (Å²) < 4.78 is 7.58. The van der Waals surface area contributed by atoms with Crippen molar-refractivity contribution < 1.29 is 4.74 Å². The van der Waals surface area contributed by atoms with Crippen LogP contribution in [0.5, 0.6) is 5.75 Å². The van der Waals surface area contributed by atoms with E-state index in [2.05, 4.69) is 42.4 Å². The summed E-state index contributed by atoms with van der Waals surface area (Å²) in [5.41, 5.74) is 11.1. The number of ether oxygens (including phenoxy) is 1. The number of hydrogen-bond donors (Lipinski definition) is 1. The molecule has 23 heavy (non-hydrogen) atoms. The minimum Gasteiger partial charge on any atom is -0.492 e. The SMILES string of the molecule is Cc1ccc(-c2cnnn2CCOc2cccc(N)c2)cc1C. The normalized spacial score (nSPS) is 10.7. The van der Waals surface area contributed by atoms with Gasteiger partial charge in [0.2, 0.25) is 0 Å². The van der Waals surface area contributed by atoms with Gasteiger partial charge in [-0.15, -0.1) is 5.10 Å². The highest BCUT2D eigenvalue weighted by molar-refractivity contribution is 5.60. The first-order valence-corrected chi connectivity index (χ1v) is 7.58. The third-order valence-corrected chi connectivity index (χ3v) is 3.85. The van der Waals surface area contributed by atoms with Gasteiger partial charge in [-0.2, -0.15) is 0 Å². The Kier molecular flexibility index (Phi) is 4.28. The van der Waals surface area contributed by atoms with Crippen LogP contribution in [0.2, 0.25) is 0 Å². The van der Waals surface area contributed by atoms with Crippen molar-refractivity contribution in [3.05, 3.63) is 59.8 Å². The zero-order valence-electron chi connectivity index (χ0n) is 13.4. The monoisotopic (exact) mass is 308 g/mol. The number of benzene rings is 2. The first-order chi connectivity index (χ1) is 11.1. The molecule has 0 amide bonds. The minimum atomic E-state index is 0.505. The molecule has 0 bridgehead atoms. The Labute approximate surface area is 135 Å². The molecular weight excluding hydrogens is 288 g/mol. The number of anilines is 1. The fourth-order valence-corrected chi connectivity index (χ4v) is 2.40. The lowest BCUT2D eigenvalue weighted by Gasteiger charge is -2.10. The van der Waals surface area contributed by atoms with Crippen LogP contribution in [-0.4, -0.2) is 21.6 Å². The highest BCUT2D eigenvalue weighted by atomic mass is 16.5. The second kappa shape index (κ2) is 6.52. The molecule has 0 aliphatic rings. The molecular formula is C18H20N4O. The van der Waals surface area contributed by atoms with Crippen LogP contribution < -0.4 is 10.5 Å². The summed E-state index contributed by atoms with van der Waals surface area (Å²) in [5, 5.41) is 8.18. The summed E-state index contributed by atoms with van der Waals surface area (Å²) in [5.74, 6) is 0.762. The number of nitrogens with zero attached hydrogens (tertiary/aromatic N) is 3. The highest BCUT2D eigenvalue weighted by Gasteiger charge is 2.08. The van der Waals surface area contributed by atoms with E-state index in [1.807, 2.05) is 28.9 Å². The fourth-order valence-electron chi connectivity index (χ4n) is 2.40. The van der Waals surface area contributed by atoms with Crippen molar-refractivity contribution in [2.75, 3.05) is 12.3 Å². The van der Waals surface area contributed by atoms with E-state index in [4.69, 9.17) is 10.5 Å². The molecule has 0 aliphatic heterocycles. The van der Waals surface area contributed by atoms with Gasteiger partial charge < -0.3 is 10.5 Å². The van der Waals surface area contributed by atoms with E-state index < -0.39 is 0 Å². The first-order valence-electron chi connectivity index (χ1n) is 7.58. The van der Waals surface area contributed by atoms with Gasteiger partial charge >= 0.3 is 0 Å². The molecule has 2 aromatic carbocycles. The van der Waals surface area contributed by atoms with Gasteiger partial charge in [-0.05, 0) is 43.2 Å². The van der Waals surface area contributed by atoms with Crippen molar-refractivity contribution in [1.29, 1.82) is 0 Å². The second-order valence-electron chi connectivity index (χ2n) is 5.56. The van der Waals surface area contributed by atoms with Gasteiger partial charge in [0.25, 0.3) is 0 Å². The summed E-state index contributed by atoms with van der Waals surface area (Å²) >= 11 is 0. The van der Waals surface area contributed by atoms with Gasteiger partial charge in [0.1, 0.15) is 12.4 Å². The average Bonchev–Trinajstić information content (AvgIpc) is 2.99. The molecule has 0 saturated carbocycles. The van der Waals surface area contributed by atoms with Crippen LogP contribution in [0, 0.1) is 13.8 Å². The number of hydrogen-bond acceptors (Lipinski definition) is 4. The van der Waals surface area contributed by atoms with Gasteiger partial charge in [-0.1, -0.05) is 23.4 Å². The average molecular weight is 308 g/mol. The van der Waals surface area contributed by atoms with Gasteiger partial charge in [-0.25, -0.2) is 4.68 Å². The van der Waals surface area contributed by atoms with Crippen LogP contribution in [0.25, 0.3) is 11.3 Å². The lowest BCUT2D eigenvalue weighted by atomic mass is 10.0. The molecule has 0 saturated heterocycles. The van der Waals surface area contributed by atoms with Gasteiger partial charge in [0.05, 0.1) is 18.4 Å². The van der Waals surface area contributed by atoms with Crippen molar-refractivity contribution in [2.45, 2.75) is 20.4 Å². The molecule has 0 unspecified atom stereocenters. The van der Waals surface area contributed by atoms with Crippen LogP contribution in [-0.2, 0) is 6.54 Å². The molecule has 5 nitrogen and oxygen atoms in total. The van der Waals surface area contributed by atoms with E-state index in [0.717, 1.165) is 17.0 Å². The van der Waals surface area contributed by atoms with Crippen molar-refractivity contribution in [3.63, 3.8) is 0 Å². The lowest BCUT2D eigenvalue weighted by Crippen LogP contribution is -2.11. The van der Waals surface area contributed by atoms with Gasteiger partial charge in [0.15, 0.2) is 0 Å². The van der Waals surface area contributed by atoms with Crippen molar-refractivity contribution in [1.82, 2.24) is 15.0 Å². The maximum absolute atomic E-state index is 5.74. The Hall–Kier alpha value is -2.82. The zero-order chi connectivity index (χ0) is 16.2. The Morgan fingerprint density at radius 3 is 2.74 bits per heavy atom. The molecule has 3 rings (SSSR count). The Balaban J connectivity index is 1.70. The quantitative estimate of drug-likeness (QED) is 0.735. The van der Waals surface area contributed by atoms with E-state index in [1.165, 1.54) is 11.1 Å². The summed E-state index contributed by atoms with van der Waals surface area (Å²) in [6.45, 7) is 5.34. The maximum Gasteiger partial charge on any atom is 0.121 e. The molecule has 0 atom stereocenters. The largest absolute Gasteiger partial charge is 0.492 e. The number of nitrogen functional groups attached to an aromatic ring is 1. The highest BCUT2D eigenvalue weighted by Crippen LogP contribution is 2.21. The van der Waals surface area contributed by atoms with E-state index in [9.17, 15) is 0 Å². The topological polar surface area (TPSA) is 66.0 Å². The van der Waals surface area contributed by atoms with Crippen molar-refractivity contribution in [3.8, 4) is 17.0 Å². The Bertz CT molecular complexity index is 810. The Morgan fingerprint density at radius 2 is 1.96 bits per heavy atom. The standard InChI is InChI=1S/C18H20N4O/c1-13-6-7-15(10-14(13)2)18-12-20-21-22(18)8-9-23-17-5-3-4-16(19)11-17/h3-7,10-12H,8-9,19H2,1-2H3. The van der Waals surface area contributed by atoms with Crippen molar-refractivity contribution >= 4 is 5.69 Å². The predicted molar refractivity (Wildman–Crippen MR) is 91.3 cm³/mol. The maximum atomic E-state index is 5.74. The molecule has 118 valence electrons. The molecule has 0 fully saturated rings. The zero-order valence-corrected chi connectivity index (χ0v) is 13.4. The summed E-state index contributed by atoms with van der Waals surface area (Å²) in [7, 11) is 0. The first kappa shape index (κ1) is 15.1. The van der Waals surface area contributed by atoms with Gasteiger partial charge in [-0.3, -0.25) is 0 Å². The van der Waals surface area contributed by atoms with E-state index in [-0.39, 0.29) is 0 Å². The van der Waals surface area contributed by atoms with Crippen LogP contribution in [0.4, 0.5) is 5.69 Å². The molecule has 5 heteroatoms. The molecule has 3 aromatic rings. The van der Waals surface area contributed by atoms with Crippen LogP contribution >= 0.6 is 0 Å². The fraction of sp³-hybridized carbons (Fsp3) is 0.222. The molecule has 2 N–H and O–H groups in total. The van der Waals surface area contributed by atoms with E-state index >= 15 is 0 Å². The summed E-state index contributed by atoms with van der Waals surface area (Å²) in [4.78, 5) is 0. The van der Waals surface area contributed by atoms with E-state index in [0.29, 0.717) is 18.8 Å². The number of nitrogens with two attached hydrogens (primary N) is 1. The third kappa shape index (κ3) is 3.51.